The molecular formula is C19H25BN2O5. The summed E-state index contributed by atoms with van der Waals surface area (Å²) in [5.74, 6) is -0.136. The van der Waals surface area contributed by atoms with Crippen molar-refractivity contribution in [3.8, 4) is 0 Å². The summed E-state index contributed by atoms with van der Waals surface area (Å²) in [6.07, 6.45) is -0.0369. The molecule has 1 N–H and O–H groups in total. The third kappa shape index (κ3) is 2.91. The first kappa shape index (κ1) is 18.3. The molecule has 3 aliphatic heterocycles. The van der Waals surface area contributed by atoms with Crippen LogP contribution < -0.4 is 15.7 Å². The molecule has 8 heteroatoms. The van der Waals surface area contributed by atoms with E-state index in [9.17, 15) is 9.59 Å². The number of nitrogens with one attached hydrogen (secondary N) is 1. The Hall–Kier alpha value is -2.06. The molecule has 2 fully saturated rings. The smallest absolute Gasteiger partial charge is 0.442 e. The second-order valence-electron chi connectivity index (χ2n) is 8.48. The highest BCUT2D eigenvalue weighted by molar-refractivity contribution is 6.62. The van der Waals surface area contributed by atoms with Crippen molar-refractivity contribution in [3.05, 3.63) is 23.8 Å². The number of hydrogen-bond acceptors (Lipinski definition) is 5. The quantitative estimate of drug-likeness (QED) is 0.812. The Balaban J connectivity index is 1.56. The monoisotopic (exact) mass is 372 g/mol. The lowest BCUT2D eigenvalue weighted by Crippen LogP contribution is -2.41. The third-order valence-electron chi connectivity index (χ3n) is 6.08. The summed E-state index contributed by atoms with van der Waals surface area (Å²) in [4.78, 5) is 25.2. The fraction of sp³-hybridized carbons (Fsp3) is 0.579. The van der Waals surface area contributed by atoms with Crippen LogP contribution in [0.5, 0.6) is 0 Å². The summed E-state index contributed by atoms with van der Waals surface area (Å²) >= 11 is 0. The van der Waals surface area contributed by atoms with Crippen LogP contribution in [0.1, 0.15) is 40.2 Å². The van der Waals surface area contributed by atoms with E-state index in [4.69, 9.17) is 14.0 Å². The number of fused-ring (bicyclic) bond motifs is 3. The molecule has 3 heterocycles. The van der Waals surface area contributed by atoms with E-state index in [1.807, 2.05) is 39.8 Å². The average molecular weight is 372 g/mol. The van der Waals surface area contributed by atoms with Gasteiger partial charge < -0.3 is 19.4 Å². The number of carbonyl (C=O) groups is 2. The number of hydrogen-bond donors (Lipinski definition) is 1. The Morgan fingerprint density at radius 1 is 1.26 bits per heavy atom. The maximum absolute atomic E-state index is 12.3. The Labute approximate surface area is 159 Å². The Bertz CT molecular complexity index is 793. The van der Waals surface area contributed by atoms with Crippen LogP contribution >= 0.6 is 0 Å². The molecule has 0 spiro atoms. The van der Waals surface area contributed by atoms with Crippen LogP contribution in [0.4, 0.5) is 10.5 Å². The lowest BCUT2D eigenvalue weighted by molar-refractivity contribution is -0.119. The van der Waals surface area contributed by atoms with Gasteiger partial charge in [0.15, 0.2) is 0 Å². The van der Waals surface area contributed by atoms with E-state index < -0.39 is 18.3 Å². The molecule has 0 aromatic heterocycles. The predicted octanol–water partition coefficient (Wildman–Crippen LogP) is 1.37. The molecule has 2 saturated heterocycles. The second-order valence-corrected chi connectivity index (χ2v) is 8.48. The summed E-state index contributed by atoms with van der Waals surface area (Å²) < 4.78 is 17.7. The number of carbonyl (C=O) groups excluding carboxylic acids is 2. The molecule has 0 radical (unpaired) electrons. The molecule has 0 bridgehead atoms. The van der Waals surface area contributed by atoms with Gasteiger partial charge in [-0.05, 0) is 51.2 Å². The molecule has 4 rings (SSSR count). The molecule has 2 atom stereocenters. The van der Waals surface area contributed by atoms with Gasteiger partial charge in [-0.2, -0.15) is 0 Å². The highest BCUT2D eigenvalue weighted by Crippen LogP contribution is 2.40. The van der Waals surface area contributed by atoms with Gasteiger partial charge in [-0.1, -0.05) is 12.1 Å². The first-order valence-corrected chi connectivity index (χ1v) is 9.32. The second kappa shape index (κ2) is 5.97. The van der Waals surface area contributed by atoms with Crippen LogP contribution in [0.3, 0.4) is 0 Å². The van der Waals surface area contributed by atoms with Crippen LogP contribution in [0, 0.1) is 0 Å². The van der Waals surface area contributed by atoms with Gasteiger partial charge >= 0.3 is 13.2 Å². The minimum absolute atomic E-state index is 0.104. The average Bonchev–Trinajstić information content (AvgIpc) is 3.15. The van der Waals surface area contributed by atoms with Crippen LogP contribution in [-0.4, -0.2) is 49.0 Å². The first-order valence-electron chi connectivity index (χ1n) is 9.32. The predicted molar refractivity (Wildman–Crippen MR) is 101 cm³/mol. The Morgan fingerprint density at radius 2 is 1.93 bits per heavy atom. The molecule has 3 aliphatic rings. The fourth-order valence-electron chi connectivity index (χ4n) is 3.84. The van der Waals surface area contributed by atoms with Crippen molar-refractivity contribution in [1.82, 2.24) is 5.32 Å². The molecule has 1 aromatic rings. The van der Waals surface area contributed by atoms with Gasteiger partial charge in [0.1, 0.15) is 6.10 Å². The molecule has 1 aromatic carbocycles. The first-order chi connectivity index (χ1) is 12.6. The molecule has 7 nitrogen and oxygen atoms in total. The van der Waals surface area contributed by atoms with Gasteiger partial charge in [0.05, 0.1) is 29.5 Å². The van der Waals surface area contributed by atoms with E-state index in [0.29, 0.717) is 13.0 Å². The van der Waals surface area contributed by atoms with Gasteiger partial charge in [0.25, 0.3) is 0 Å². The lowest BCUT2D eigenvalue weighted by Gasteiger charge is -2.32. The van der Waals surface area contributed by atoms with E-state index in [2.05, 4.69) is 11.4 Å². The summed E-state index contributed by atoms with van der Waals surface area (Å²) in [6.45, 7) is 9.88. The number of ether oxygens (including phenoxy) is 1. The maximum atomic E-state index is 12.3. The van der Waals surface area contributed by atoms with E-state index in [1.165, 1.54) is 6.92 Å². The normalized spacial score (nSPS) is 27.4. The van der Waals surface area contributed by atoms with Crippen molar-refractivity contribution in [2.75, 3.05) is 11.4 Å². The van der Waals surface area contributed by atoms with E-state index >= 15 is 0 Å². The molecule has 0 saturated carbocycles. The Morgan fingerprint density at radius 3 is 2.56 bits per heavy atom. The third-order valence-corrected chi connectivity index (χ3v) is 6.08. The summed E-state index contributed by atoms with van der Waals surface area (Å²) in [7, 11) is -0.433. The summed E-state index contributed by atoms with van der Waals surface area (Å²) in [6, 6.07) is 5.82. The maximum Gasteiger partial charge on any atom is 0.494 e. The number of cyclic esters (lactones) is 1. The van der Waals surface area contributed by atoms with Crippen LogP contribution in [0.2, 0.25) is 0 Å². The number of nitrogens with zero attached hydrogens (tertiary/aromatic N) is 1. The van der Waals surface area contributed by atoms with Crippen molar-refractivity contribution < 1.29 is 23.6 Å². The van der Waals surface area contributed by atoms with Gasteiger partial charge in [0.2, 0.25) is 5.91 Å². The molecule has 2 amide bonds. The zero-order chi connectivity index (χ0) is 19.6. The summed E-state index contributed by atoms with van der Waals surface area (Å²) in [5, 5.41) is 2.74. The molecule has 0 aliphatic carbocycles. The fourth-order valence-corrected chi connectivity index (χ4v) is 3.84. The van der Waals surface area contributed by atoms with Crippen molar-refractivity contribution >= 4 is 30.3 Å². The van der Waals surface area contributed by atoms with E-state index in [-0.39, 0.29) is 24.1 Å². The number of benzene rings is 1. The van der Waals surface area contributed by atoms with Gasteiger partial charge in [0, 0.05) is 6.92 Å². The molecule has 144 valence electrons. The molecular weight excluding hydrogens is 347 g/mol. The number of rotatable bonds is 3. The molecule has 0 unspecified atom stereocenters. The van der Waals surface area contributed by atoms with Crippen LogP contribution in [0.15, 0.2) is 18.2 Å². The Kier molecular flexibility index (Phi) is 4.05. The number of amides is 2. The molecule has 27 heavy (non-hydrogen) atoms. The van der Waals surface area contributed by atoms with Crippen molar-refractivity contribution in [1.29, 1.82) is 0 Å². The van der Waals surface area contributed by atoms with Crippen LogP contribution in [-0.2, 0) is 25.3 Å². The SMILES string of the molecule is CC(=O)NC[C@@H]1OC(=O)N2c3ccc(B4OC(C)(C)C(C)(C)O4)cc3C[C@H]12. The van der Waals surface area contributed by atoms with E-state index in [0.717, 1.165) is 16.7 Å². The van der Waals surface area contributed by atoms with Gasteiger partial charge in [-0.3, -0.25) is 9.69 Å². The van der Waals surface area contributed by atoms with Gasteiger partial charge in [-0.25, -0.2) is 4.79 Å². The minimum atomic E-state index is -0.433. The standard InChI is InChI=1S/C19H25BN2O5/c1-11(23)21-10-16-15-9-12-8-13(6-7-14(12)22(15)17(24)25-16)20-26-18(2,3)19(4,5)27-20/h6-8,15-16H,9-10H2,1-5H3,(H,21,23)/t15-,16+/m1/s1. The van der Waals surface area contributed by atoms with Crippen LogP contribution in [0.25, 0.3) is 0 Å². The largest absolute Gasteiger partial charge is 0.494 e. The summed E-state index contributed by atoms with van der Waals surface area (Å²) in [5.41, 5.74) is 2.07. The minimum Gasteiger partial charge on any atom is -0.442 e. The van der Waals surface area contributed by atoms with E-state index in [1.54, 1.807) is 4.90 Å². The highest BCUT2D eigenvalue weighted by Gasteiger charge is 2.52. The number of anilines is 1. The van der Waals surface area contributed by atoms with Gasteiger partial charge in [-0.15, -0.1) is 0 Å². The topological polar surface area (TPSA) is 77.1 Å². The lowest BCUT2D eigenvalue weighted by atomic mass is 9.78. The highest BCUT2D eigenvalue weighted by atomic mass is 16.7. The van der Waals surface area contributed by atoms with Crippen molar-refractivity contribution in [2.45, 2.75) is 64.4 Å². The van der Waals surface area contributed by atoms with Crippen molar-refractivity contribution in [2.24, 2.45) is 0 Å². The zero-order valence-corrected chi connectivity index (χ0v) is 16.4. The zero-order valence-electron chi connectivity index (χ0n) is 16.4. The van der Waals surface area contributed by atoms with Crippen molar-refractivity contribution in [3.63, 3.8) is 0 Å².